The molecule has 1 aliphatic heterocycles. The highest BCUT2D eigenvalue weighted by molar-refractivity contribution is 7.21. The summed E-state index contributed by atoms with van der Waals surface area (Å²) in [4.78, 5) is 6.71. The van der Waals surface area contributed by atoms with E-state index >= 15 is 0 Å². The van der Waals surface area contributed by atoms with Crippen LogP contribution in [0.5, 0.6) is 0 Å². The lowest BCUT2D eigenvalue weighted by Gasteiger charge is -1.98. The first kappa shape index (κ1) is 13.9. The molecule has 0 N–H and O–H groups in total. The van der Waals surface area contributed by atoms with Crippen molar-refractivity contribution in [3.05, 3.63) is 17.6 Å². The number of aryl methyl sites for hydroxylation is 1. The largest absolute Gasteiger partial charge is 0.381 e. The van der Waals surface area contributed by atoms with E-state index in [0.717, 1.165) is 34.3 Å². The molecule has 22 heavy (non-hydrogen) atoms. The summed E-state index contributed by atoms with van der Waals surface area (Å²) in [6.45, 7) is 5.78. The van der Waals surface area contributed by atoms with Crippen molar-refractivity contribution in [1.82, 2.24) is 19.9 Å². The molecule has 0 radical (unpaired) electrons. The van der Waals surface area contributed by atoms with Gasteiger partial charge in [-0.15, -0.1) is 11.3 Å². The van der Waals surface area contributed by atoms with E-state index in [9.17, 15) is 0 Å². The first-order chi connectivity index (χ1) is 10.6. The highest BCUT2D eigenvalue weighted by Gasteiger charge is 2.24. The molecule has 6 nitrogen and oxygen atoms in total. The van der Waals surface area contributed by atoms with Crippen molar-refractivity contribution in [3.63, 3.8) is 0 Å². The fourth-order valence-corrected chi connectivity index (χ4v) is 3.84. The third-order valence-electron chi connectivity index (χ3n) is 4.03. The molecule has 1 saturated heterocycles. The molecule has 0 aromatic carbocycles. The Morgan fingerprint density at radius 3 is 3.00 bits per heavy atom. The summed E-state index contributed by atoms with van der Waals surface area (Å²) in [6.07, 6.45) is 0.965. The van der Waals surface area contributed by atoms with Crippen molar-refractivity contribution >= 4 is 21.6 Å². The Kier molecular flexibility index (Phi) is 3.27. The molecule has 0 spiro atoms. The van der Waals surface area contributed by atoms with Gasteiger partial charge in [0.2, 0.25) is 0 Å². The van der Waals surface area contributed by atoms with Crippen molar-refractivity contribution in [1.29, 1.82) is 0 Å². The van der Waals surface area contributed by atoms with Crippen molar-refractivity contribution in [2.45, 2.75) is 32.1 Å². The third-order valence-corrected chi connectivity index (χ3v) is 5.22. The van der Waals surface area contributed by atoms with E-state index in [1.165, 1.54) is 5.39 Å². The van der Waals surface area contributed by atoms with Gasteiger partial charge in [-0.25, -0.2) is 0 Å². The molecule has 0 unspecified atom stereocenters. The van der Waals surface area contributed by atoms with E-state index in [2.05, 4.69) is 35.2 Å². The predicted octanol–water partition coefficient (Wildman–Crippen LogP) is 3.31. The van der Waals surface area contributed by atoms with Gasteiger partial charge < -0.3 is 9.26 Å². The van der Waals surface area contributed by atoms with Crippen LogP contribution in [0, 0.1) is 0 Å². The van der Waals surface area contributed by atoms with Gasteiger partial charge in [-0.05, 0) is 18.4 Å². The topological polar surface area (TPSA) is 66.0 Å². The van der Waals surface area contributed by atoms with E-state index in [-0.39, 0.29) is 5.92 Å². The number of nitrogens with zero attached hydrogens (tertiary/aromatic N) is 4. The van der Waals surface area contributed by atoms with Crippen molar-refractivity contribution in [2.24, 2.45) is 7.05 Å². The lowest BCUT2D eigenvalue weighted by atomic mass is 10.1. The Labute approximate surface area is 132 Å². The van der Waals surface area contributed by atoms with Gasteiger partial charge in [-0.3, -0.25) is 4.68 Å². The Morgan fingerprint density at radius 2 is 2.27 bits per heavy atom. The average molecular weight is 318 g/mol. The van der Waals surface area contributed by atoms with Crippen LogP contribution in [0.2, 0.25) is 0 Å². The van der Waals surface area contributed by atoms with Crippen LogP contribution in [-0.2, 0) is 11.8 Å². The molecule has 4 heterocycles. The molecular formula is C15H18N4O2S. The number of hydrogen-bond donors (Lipinski definition) is 0. The van der Waals surface area contributed by atoms with Crippen LogP contribution >= 0.6 is 11.3 Å². The molecule has 1 fully saturated rings. The SMILES string of the molecule is CC(C)c1nn(C)c2sc(-c3nc([C@@H]4CCOC4)no3)cc12. The second-order valence-electron chi connectivity index (χ2n) is 6.01. The quantitative estimate of drug-likeness (QED) is 0.741. The highest BCUT2D eigenvalue weighted by atomic mass is 32.1. The monoisotopic (exact) mass is 318 g/mol. The predicted molar refractivity (Wildman–Crippen MR) is 84.1 cm³/mol. The minimum absolute atomic E-state index is 0.264. The van der Waals surface area contributed by atoms with Crippen LogP contribution in [0.25, 0.3) is 21.0 Å². The number of ether oxygens (including phenoxy) is 1. The number of rotatable bonds is 3. The Morgan fingerprint density at radius 1 is 1.41 bits per heavy atom. The van der Waals surface area contributed by atoms with Gasteiger partial charge in [0.25, 0.3) is 5.89 Å². The van der Waals surface area contributed by atoms with Crippen molar-refractivity contribution in [2.75, 3.05) is 13.2 Å². The normalized spacial score (nSPS) is 18.8. The molecule has 0 bridgehead atoms. The summed E-state index contributed by atoms with van der Waals surface area (Å²) >= 11 is 1.64. The molecule has 3 aromatic rings. The molecule has 0 aliphatic carbocycles. The fraction of sp³-hybridized carbons (Fsp3) is 0.533. The smallest absolute Gasteiger partial charge is 0.268 e. The van der Waals surface area contributed by atoms with Gasteiger partial charge in [0.05, 0.1) is 17.2 Å². The molecular weight excluding hydrogens is 300 g/mol. The summed E-state index contributed by atoms with van der Waals surface area (Å²) in [6, 6.07) is 2.12. The van der Waals surface area contributed by atoms with Crippen LogP contribution < -0.4 is 0 Å². The zero-order valence-electron chi connectivity index (χ0n) is 12.9. The van der Waals surface area contributed by atoms with E-state index in [1.54, 1.807) is 11.3 Å². The van der Waals surface area contributed by atoms with E-state index in [4.69, 9.17) is 9.26 Å². The van der Waals surface area contributed by atoms with Crippen LogP contribution in [-0.4, -0.2) is 33.1 Å². The average Bonchev–Trinajstić information content (AvgIpc) is 3.24. The van der Waals surface area contributed by atoms with Gasteiger partial charge in [0.15, 0.2) is 5.82 Å². The van der Waals surface area contributed by atoms with Crippen LogP contribution in [0.1, 0.15) is 43.6 Å². The summed E-state index contributed by atoms with van der Waals surface area (Å²) in [5.41, 5.74) is 1.11. The Hall–Kier alpha value is -1.73. The first-order valence-corrected chi connectivity index (χ1v) is 8.33. The van der Waals surface area contributed by atoms with Crippen LogP contribution in [0.3, 0.4) is 0 Å². The maximum absolute atomic E-state index is 5.47. The molecule has 116 valence electrons. The molecule has 1 aliphatic rings. The standard InChI is InChI=1S/C15H18N4O2S/c1-8(2)12-10-6-11(22-15(10)19(3)17-12)14-16-13(18-21-14)9-4-5-20-7-9/h6,8-9H,4-5,7H2,1-3H3/t9-/m1/s1. The van der Waals surface area contributed by atoms with Crippen LogP contribution in [0.15, 0.2) is 10.6 Å². The van der Waals surface area contributed by atoms with Crippen molar-refractivity contribution < 1.29 is 9.26 Å². The number of aromatic nitrogens is 4. The van der Waals surface area contributed by atoms with Gasteiger partial charge >= 0.3 is 0 Å². The Bertz CT molecular complexity index is 811. The number of fused-ring (bicyclic) bond motifs is 1. The molecule has 0 saturated carbocycles. The summed E-state index contributed by atoms with van der Waals surface area (Å²) in [5.74, 6) is 2.00. The second-order valence-corrected chi connectivity index (χ2v) is 7.04. The summed E-state index contributed by atoms with van der Waals surface area (Å²) < 4.78 is 12.8. The molecule has 1 atom stereocenters. The van der Waals surface area contributed by atoms with E-state index in [1.807, 2.05) is 11.7 Å². The van der Waals surface area contributed by atoms with Crippen molar-refractivity contribution in [3.8, 4) is 10.8 Å². The minimum atomic E-state index is 0.264. The maximum atomic E-state index is 5.47. The maximum Gasteiger partial charge on any atom is 0.268 e. The Balaban J connectivity index is 1.73. The lowest BCUT2D eigenvalue weighted by molar-refractivity contribution is 0.192. The number of hydrogen-bond acceptors (Lipinski definition) is 6. The summed E-state index contributed by atoms with van der Waals surface area (Å²) in [5, 5.41) is 9.91. The molecule has 3 aromatic heterocycles. The van der Waals surface area contributed by atoms with E-state index < -0.39 is 0 Å². The van der Waals surface area contributed by atoms with Gasteiger partial charge in [-0.2, -0.15) is 10.1 Å². The molecule has 4 rings (SSSR count). The van der Waals surface area contributed by atoms with Gasteiger partial charge in [0.1, 0.15) is 4.83 Å². The zero-order valence-corrected chi connectivity index (χ0v) is 13.7. The first-order valence-electron chi connectivity index (χ1n) is 7.51. The highest BCUT2D eigenvalue weighted by Crippen LogP contribution is 2.37. The van der Waals surface area contributed by atoms with Gasteiger partial charge in [-0.1, -0.05) is 19.0 Å². The number of thiophene rings is 1. The van der Waals surface area contributed by atoms with Crippen LogP contribution in [0.4, 0.5) is 0 Å². The van der Waals surface area contributed by atoms with Gasteiger partial charge in [0, 0.05) is 25.0 Å². The third kappa shape index (κ3) is 2.16. The zero-order chi connectivity index (χ0) is 15.3. The molecule has 0 amide bonds. The molecule has 7 heteroatoms. The lowest BCUT2D eigenvalue weighted by Crippen LogP contribution is -1.99. The second kappa shape index (κ2) is 5.17. The minimum Gasteiger partial charge on any atom is -0.381 e. The van der Waals surface area contributed by atoms with E-state index in [0.29, 0.717) is 18.4 Å². The fourth-order valence-electron chi connectivity index (χ4n) is 2.84. The summed E-state index contributed by atoms with van der Waals surface area (Å²) in [7, 11) is 1.98.